The van der Waals surface area contributed by atoms with E-state index in [2.05, 4.69) is 13.2 Å². The van der Waals surface area contributed by atoms with Crippen LogP contribution >= 0.6 is 0 Å². The number of carbonyl (C=O) groups excluding carboxylic acids is 2. The van der Waals surface area contributed by atoms with Gasteiger partial charge in [0, 0.05) is 17.9 Å². The van der Waals surface area contributed by atoms with E-state index in [9.17, 15) is 14.7 Å². The van der Waals surface area contributed by atoms with Crippen LogP contribution in [0.15, 0.2) is 24.3 Å². The Kier molecular flexibility index (Phi) is 3.41. The predicted molar refractivity (Wildman–Crippen MR) is 82.7 cm³/mol. The van der Waals surface area contributed by atoms with E-state index in [0.29, 0.717) is 31.4 Å². The van der Waals surface area contributed by atoms with Crippen LogP contribution in [0, 0.1) is 17.8 Å². The first-order valence-electron chi connectivity index (χ1n) is 8.41. The number of fused-ring (bicyclic) bond motifs is 3. The van der Waals surface area contributed by atoms with Crippen LogP contribution in [0.4, 0.5) is 0 Å². The summed E-state index contributed by atoms with van der Waals surface area (Å²) in [5, 5.41) is 10.0. The van der Waals surface area contributed by atoms with Gasteiger partial charge in [0.05, 0.1) is 18.6 Å². The van der Waals surface area contributed by atoms with Crippen LogP contribution in [0.2, 0.25) is 0 Å². The second-order valence-corrected chi connectivity index (χ2v) is 7.64. The number of ether oxygens (including phenoxy) is 3. The lowest BCUT2D eigenvalue weighted by molar-refractivity contribution is -0.158. The van der Waals surface area contributed by atoms with Crippen LogP contribution in [0.3, 0.4) is 0 Å². The molecule has 0 aromatic carbocycles. The van der Waals surface area contributed by atoms with Crippen LogP contribution in [-0.2, 0) is 23.8 Å². The van der Waals surface area contributed by atoms with Gasteiger partial charge in [0.15, 0.2) is 5.60 Å². The highest BCUT2D eigenvalue weighted by atomic mass is 16.6. The van der Waals surface area contributed by atoms with Crippen LogP contribution in [0.25, 0.3) is 0 Å². The van der Waals surface area contributed by atoms with Crippen molar-refractivity contribution in [2.75, 3.05) is 6.61 Å². The van der Waals surface area contributed by atoms with Crippen molar-refractivity contribution in [1.29, 1.82) is 0 Å². The number of rotatable bonds is 2. The van der Waals surface area contributed by atoms with Gasteiger partial charge in [-0.3, -0.25) is 0 Å². The average Bonchev–Trinajstić information content (AvgIpc) is 3.07. The largest absolute Gasteiger partial charge is 0.459 e. The molecule has 2 aliphatic heterocycles. The summed E-state index contributed by atoms with van der Waals surface area (Å²) in [5.41, 5.74) is 0.406. The highest BCUT2D eigenvalue weighted by molar-refractivity contribution is 5.91. The van der Waals surface area contributed by atoms with Crippen molar-refractivity contribution in [3.8, 4) is 0 Å². The molecule has 1 N–H and O–H groups in total. The molecule has 2 saturated carbocycles. The van der Waals surface area contributed by atoms with Gasteiger partial charge in [0.25, 0.3) is 0 Å². The van der Waals surface area contributed by atoms with Gasteiger partial charge in [0.1, 0.15) is 12.2 Å². The molecule has 0 aromatic heterocycles. The molecular formula is C18H22O6. The van der Waals surface area contributed by atoms with Crippen molar-refractivity contribution in [1.82, 2.24) is 0 Å². The summed E-state index contributed by atoms with van der Waals surface area (Å²) in [7, 11) is 0. The molecule has 0 spiro atoms. The second kappa shape index (κ2) is 5.17. The molecular weight excluding hydrogens is 312 g/mol. The van der Waals surface area contributed by atoms with E-state index in [0.717, 1.165) is 5.57 Å². The Hall–Kier alpha value is -1.66. The van der Waals surface area contributed by atoms with Crippen LogP contribution < -0.4 is 0 Å². The summed E-state index contributed by atoms with van der Waals surface area (Å²) in [5.74, 6) is -1.17. The molecule has 2 aliphatic carbocycles. The lowest BCUT2D eigenvalue weighted by atomic mass is 9.83. The number of epoxide rings is 1. The molecule has 2 heterocycles. The maximum atomic E-state index is 12.3. The molecule has 0 aromatic rings. The van der Waals surface area contributed by atoms with Gasteiger partial charge in [-0.1, -0.05) is 18.7 Å². The van der Waals surface area contributed by atoms with E-state index in [1.165, 1.54) is 0 Å². The number of aliphatic hydroxyl groups is 1. The second-order valence-electron chi connectivity index (χ2n) is 7.64. The maximum absolute atomic E-state index is 12.3. The lowest BCUT2D eigenvalue weighted by Crippen LogP contribution is -2.38. The van der Waals surface area contributed by atoms with E-state index in [-0.39, 0.29) is 17.8 Å². The third-order valence-electron chi connectivity index (χ3n) is 5.93. The number of hydrogen-bond donors (Lipinski definition) is 1. The molecule has 0 bridgehead atoms. The van der Waals surface area contributed by atoms with Crippen molar-refractivity contribution < 1.29 is 28.9 Å². The zero-order chi connectivity index (χ0) is 17.2. The molecule has 7 unspecified atom stereocenters. The Labute approximate surface area is 140 Å². The van der Waals surface area contributed by atoms with E-state index in [4.69, 9.17) is 14.2 Å². The molecule has 4 fully saturated rings. The molecule has 130 valence electrons. The molecule has 6 nitrogen and oxygen atoms in total. The fraction of sp³-hybridized carbons (Fsp3) is 0.667. The summed E-state index contributed by atoms with van der Waals surface area (Å²) < 4.78 is 16.4. The summed E-state index contributed by atoms with van der Waals surface area (Å²) in [6, 6.07) is 0. The maximum Gasteiger partial charge on any atom is 0.340 e. The predicted octanol–water partition coefficient (Wildman–Crippen LogP) is 1.13. The first-order valence-corrected chi connectivity index (χ1v) is 8.41. The normalized spacial score (nSPS) is 46.8. The van der Waals surface area contributed by atoms with Crippen molar-refractivity contribution in [2.45, 2.75) is 50.1 Å². The topological polar surface area (TPSA) is 85.4 Å². The lowest BCUT2D eigenvalue weighted by Gasteiger charge is -2.27. The molecule has 24 heavy (non-hydrogen) atoms. The van der Waals surface area contributed by atoms with Crippen molar-refractivity contribution in [2.24, 2.45) is 17.8 Å². The fourth-order valence-corrected chi connectivity index (χ4v) is 4.41. The molecule has 2 saturated heterocycles. The quantitative estimate of drug-likeness (QED) is 0.353. The first kappa shape index (κ1) is 15.8. The zero-order valence-corrected chi connectivity index (χ0v) is 13.7. The molecule has 0 amide bonds. The summed E-state index contributed by atoms with van der Waals surface area (Å²) >= 11 is 0. The highest BCUT2D eigenvalue weighted by Crippen LogP contribution is 2.51. The van der Waals surface area contributed by atoms with E-state index in [1.54, 1.807) is 6.92 Å². The van der Waals surface area contributed by atoms with Crippen LogP contribution in [0.5, 0.6) is 0 Å². The number of esters is 2. The van der Waals surface area contributed by atoms with Crippen molar-refractivity contribution in [3.05, 3.63) is 24.3 Å². The third kappa shape index (κ3) is 2.31. The Morgan fingerprint density at radius 2 is 2.08 bits per heavy atom. The average molecular weight is 334 g/mol. The Balaban J connectivity index is 1.64. The zero-order valence-electron chi connectivity index (χ0n) is 13.7. The highest BCUT2D eigenvalue weighted by Gasteiger charge is 2.57. The Morgan fingerprint density at radius 1 is 1.38 bits per heavy atom. The van der Waals surface area contributed by atoms with E-state index in [1.807, 2.05) is 0 Å². The van der Waals surface area contributed by atoms with Crippen molar-refractivity contribution in [3.63, 3.8) is 0 Å². The van der Waals surface area contributed by atoms with E-state index >= 15 is 0 Å². The molecule has 0 radical (unpaired) electrons. The molecule has 4 aliphatic rings. The SMILES string of the molecule is C=C1CC(OC(=O)C2(C)CO2)C2C(=C)C(=O)OC2C2CC(O)CC12. The van der Waals surface area contributed by atoms with Gasteiger partial charge in [-0.25, -0.2) is 9.59 Å². The standard InChI is InChI=1S/C18H22O6/c1-8-4-13(23-17(21)18(3)7-22-18)14-9(2)16(20)24-15(14)12-6-10(19)5-11(8)12/h10-15,19H,1-2,4-7H2,3H3. The van der Waals surface area contributed by atoms with Gasteiger partial charge in [0.2, 0.25) is 0 Å². The minimum atomic E-state index is -0.875. The minimum absolute atomic E-state index is 0.00263. The number of aliphatic hydroxyl groups excluding tert-OH is 1. The molecule has 6 heteroatoms. The number of hydrogen-bond acceptors (Lipinski definition) is 6. The fourth-order valence-electron chi connectivity index (χ4n) is 4.41. The van der Waals surface area contributed by atoms with Gasteiger partial charge < -0.3 is 19.3 Å². The summed E-state index contributed by atoms with van der Waals surface area (Å²) in [4.78, 5) is 24.4. The third-order valence-corrected chi connectivity index (χ3v) is 5.93. The summed E-state index contributed by atoms with van der Waals surface area (Å²) in [6.45, 7) is 10.1. The van der Waals surface area contributed by atoms with Gasteiger partial charge in [-0.15, -0.1) is 0 Å². The minimum Gasteiger partial charge on any atom is -0.459 e. The molecule has 4 rings (SSSR count). The van der Waals surface area contributed by atoms with Crippen molar-refractivity contribution >= 4 is 11.9 Å². The van der Waals surface area contributed by atoms with Crippen LogP contribution in [0.1, 0.15) is 26.2 Å². The monoisotopic (exact) mass is 334 g/mol. The van der Waals surface area contributed by atoms with Gasteiger partial charge in [-0.05, 0) is 25.7 Å². The molecule has 7 atom stereocenters. The van der Waals surface area contributed by atoms with Crippen LogP contribution in [-0.4, -0.2) is 47.6 Å². The van der Waals surface area contributed by atoms with Gasteiger partial charge in [-0.2, -0.15) is 0 Å². The Morgan fingerprint density at radius 3 is 2.75 bits per heavy atom. The Bertz CT molecular complexity index is 633. The van der Waals surface area contributed by atoms with Gasteiger partial charge >= 0.3 is 11.9 Å². The first-order chi connectivity index (χ1) is 11.3. The summed E-state index contributed by atoms with van der Waals surface area (Å²) in [6.07, 6.45) is 0.259. The van der Waals surface area contributed by atoms with E-state index < -0.39 is 35.9 Å². The smallest absolute Gasteiger partial charge is 0.340 e. The number of carbonyl (C=O) groups is 2.